The molecule has 0 unspecified atom stereocenters. The zero-order valence-corrected chi connectivity index (χ0v) is 21.8. The van der Waals surface area contributed by atoms with Gasteiger partial charge < -0.3 is 14.5 Å². The second-order valence-corrected chi connectivity index (χ2v) is 10.2. The molecule has 1 aromatic carbocycles. The third kappa shape index (κ3) is 7.31. The number of nitrogens with zero attached hydrogens (tertiary/aromatic N) is 4. The minimum Gasteiger partial charge on any atom is -0.444 e. The molecule has 1 aliphatic heterocycles. The van der Waals surface area contributed by atoms with Crippen molar-refractivity contribution >= 4 is 24.8 Å². The number of carbonyl (C=O) groups excluding carboxylic acids is 1. The van der Waals surface area contributed by atoms with Crippen LogP contribution in [0.1, 0.15) is 57.2 Å². The van der Waals surface area contributed by atoms with E-state index in [1.54, 1.807) is 44.7 Å². The molecule has 1 aliphatic rings. The van der Waals surface area contributed by atoms with E-state index < -0.39 is 41.2 Å². The van der Waals surface area contributed by atoms with Gasteiger partial charge >= 0.3 is 18.4 Å². The van der Waals surface area contributed by atoms with Crippen LogP contribution < -0.4 is 10.4 Å². The molecule has 1 saturated heterocycles. The van der Waals surface area contributed by atoms with Crippen molar-refractivity contribution in [3.05, 3.63) is 47.3 Å². The average Bonchev–Trinajstić information content (AvgIpc) is 3.25. The normalized spacial score (nSPS) is 18.4. The number of anilines is 1. The van der Waals surface area contributed by atoms with E-state index >= 15 is 0 Å². The molecular formula is C25H30BF6N4O2. The van der Waals surface area contributed by atoms with Gasteiger partial charge in [-0.05, 0) is 57.4 Å². The summed E-state index contributed by atoms with van der Waals surface area (Å²) >= 11 is 0. The molecule has 1 fully saturated rings. The van der Waals surface area contributed by atoms with Gasteiger partial charge in [0.05, 0.1) is 17.2 Å². The Morgan fingerprint density at radius 2 is 1.61 bits per heavy atom. The smallest absolute Gasteiger partial charge is 0.416 e. The average molecular weight is 543 g/mol. The summed E-state index contributed by atoms with van der Waals surface area (Å²) in [5.74, 6) is 0.132. The first-order chi connectivity index (χ1) is 17.5. The standard InChI is InChI=1S/C25H30BF6N4O2/c1-6-19-10-20(14-36(19)22(37)38-23(2,3)4)35(21-33-11-18(26-5)12-34-21)13-15-7-16(24(27,28)29)9-17(8-15)25(30,31)32/h7-9,11-12,19-20H,6,10,13-14H2,1-5H3/t19-,20+/m1/s1. The second kappa shape index (κ2) is 11.0. The molecule has 1 aromatic heterocycles. The molecule has 0 bridgehead atoms. The van der Waals surface area contributed by atoms with E-state index in [-0.39, 0.29) is 36.7 Å². The SMILES string of the molecule is C[B]c1cnc(N(Cc2cc(C(F)(F)F)cc(C(F)(F)F)c2)[C@H]2C[C@@H](CC)N(C(=O)OC(C)(C)C)C2)nc1. The van der Waals surface area contributed by atoms with E-state index in [2.05, 4.69) is 9.97 Å². The van der Waals surface area contributed by atoms with Crippen LogP contribution in [-0.2, 0) is 23.6 Å². The van der Waals surface area contributed by atoms with Crippen molar-refractivity contribution in [2.75, 3.05) is 11.4 Å². The van der Waals surface area contributed by atoms with Crippen molar-refractivity contribution in [3.63, 3.8) is 0 Å². The van der Waals surface area contributed by atoms with E-state index in [4.69, 9.17) is 4.74 Å². The van der Waals surface area contributed by atoms with Gasteiger partial charge in [-0.25, -0.2) is 14.8 Å². The molecule has 0 aliphatic carbocycles. The number of hydrogen-bond acceptors (Lipinski definition) is 5. The molecule has 2 aromatic rings. The Morgan fingerprint density at radius 1 is 1.05 bits per heavy atom. The van der Waals surface area contributed by atoms with E-state index in [1.165, 1.54) is 12.4 Å². The molecule has 207 valence electrons. The van der Waals surface area contributed by atoms with E-state index in [0.717, 1.165) is 0 Å². The van der Waals surface area contributed by atoms with Crippen LogP contribution in [0.5, 0.6) is 0 Å². The lowest BCUT2D eigenvalue weighted by molar-refractivity contribution is -0.143. The summed E-state index contributed by atoms with van der Waals surface area (Å²) < 4.78 is 86.4. The summed E-state index contributed by atoms with van der Waals surface area (Å²) in [6.07, 6.45) is -6.46. The lowest BCUT2D eigenvalue weighted by atomic mass is 9.75. The van der Waals surface area contributed by atoms with Gasteiger partial charge in [0.15, 0.2) is 7.28 Å². The molecule has 0 N–H and O–H groups in total. The fourth-order valence-electron chi connectivity index (χ4n) is 4.35. The Morgan fingerprint density at radius 3 is 2.05 bits per heavy atom. The summed E-state index contributed by atoms with van der Waals surface area (Å²) in [6.45, 7) is 8.68. The van der Waals surface area contributed by atoms with Gasteiger partial charge in [-0.15, -0.1) is 0 Å². The number of carbonyl (C=O) groups is 1. The van der Waals surface area contributed by atoms with Crippen LogP contribution >= 0.6 is 0 Å². The number of likely N-dealkylation sites (tertiary alicyclic amines) is 1. The molecule has 13 heteroatoms. The Balaban J connectivity index is 2.03. The summed E-state index contributed by atoms with van der Waals surface area (Å²) in [4.78, 5) is 24.6. The largest absolute Gasteiger partial charge is 0.444 e. The Hall–Kier alpha value is -2.99. The van der Waals surface area contributed by atoms with Crippen LogP contribution in [0, 0.1) is 0 Å². The van der Waals surface area contributed by atoms with Gasteiger partial charge in [0.25, 0.3) is 0 Å². The fraction of sp³-hybridized carbons (Fsp3) is 0.560. The van der Waals surface area contributed by atoms with Crippen molar-refractivity contribution in [2.24, 2.45) is 0 Å². The lowest BCUT2D eigenvalue weighted by Crippen LogP contribution is -2.42. The topological polar surface area (TPSA) is 58.6 Å². The highest BCUT2D eigenvalue weighted by atomic mass is 19.4. The van der Waals surface area contributed by atoms with Crippen molar-refractivity contribution in [2.45, 2.75) is 83.9 Å². The molecule has 2 heterocycles. The van der Waals surface area contributed by atoms with Crippen molar-refractivity contribution < 1.29 is 35.9 Å². The number of amides is 1. The van der Waals surface area contributed by atoms with E-state index in [0.29, 0.717) is 30.4 Å². The predicted molar refractivity (Wildman–Crippen MR) is 131 cm³/mol. The van der Waals surface area contributed by atoms with Gasteiger partial charge in [0, 0.05) is 31.5 Å². The second-order valence-electron chi connectivity index (χ2n) is 10.2. The predicted octanol–water partition coefficient (Wildman–Crippen LogP) is 5.69. The maximum Gasteiger partial charge on any atom is 0.416 e. The summed E-state index contributed by atoms with van der Waals surface area (Å²) in [5, 5.41) is 0. The van der Waals surface area contributed by atoms with Crippen LogP contribution in [-0.4, -0.2) is 52.5 Å². The molecule has 2 atom stereocenters. The number of alkyl halides is 6. The highest BCUT2D eigenvalue weighted by Crippen LogP contribution is 2.37. The Bertz CT molecular complexity index is 1090. The monoisotopic (exact) mass is 543 g/mol. The third-order valence-electron chi connectivity index (χ3n) is 6.18. The molecule has 38 heavy (non-hydrogen) atoms. The Labute approximate surface area is 218 Å². The van der Waals surface area contributed by atoms with E-state index in [9.17, 15) is 31.1 Å². The number of aromatic nitrogens is 2. The van der Waals surface area contributed by atoms with Crippen LogP contribution in [0.2, 0.25) is 6.82 Å². The quantitative estimate of drug-likeness (QED) is 0.347. The number of hydrogen-bond donors (Lipinski definition) is 0. The fourth-order valence-corrected chi connectivity index (χ4v) is 4.35. The zero-order valence-electron chi connectivity index (χ0n) is 21.8. The Kier molecular flexibility index (Phi) is 8.57. The molecule has 1 amide bonds. The highest BCUT2D eigenvalue weighted by molar-refractivity contribution is 6.51. The maximum atomic E-state index is 13.5. The van der Waals surface area contributed by atoms with Gasteiger partial charge in [-0.1, -0.05) is 19.2 Å². The van der Waals surface area contributed by atoms with Crippen LogP contribution in [0.15, 0.2) is 30.6 Å². The minimum atomic E-state index is -4.97. The first-order valence-electron chi connectivity index (χ1n) is 12.2. The number of ether oxygens (including phenoxy) is 1. The van der Waals surface area contributed by atoms with Crippen molar-refractivity contribution in [3.8, 4) is 0 Å². The highest BCUT2D eigenvalue weighted by Gasteiger charge is 2.41. The van der Waals surface area contributed by atoms with Gasteiger partial charge in [-0.2, -0.15) is 26.3 Å². The third-order valence-corrected chi connectivity index (χ3v) is 6.18. The molecule has 6 nitrogen and oxygen atoms in total. The van der Waals surface area contributed by atoms with Gasteiger partial charge in [0.2, 0.25) is 5.95 Å². The molecule has 0 spiro atoms. The van der Waals surface area contributed by atoms with Crippen LogP contribution in [0.4, 0.5) is 37.1 Å². The van der Waals surface area contributed by atoms with Gasteiger partial charge in [0.1, 0.15) is 5.60 Å². The number of benzene rings is 1. The number of halogens is 6. The van der Waals surface area contributed by atoms with Gasteiger partial charge in [-0.3, -0.25) is 0 Å². The van der Waals surface area contributed by atoms with Crippen LogP contribution in [0.3, 0.4) is 0 Å². The van der Waals surface area contributed by atoms with Crippen LogP contribution in [0.25, 0.3) is 0 Å². The minimum absolute atomic E-state index is 0.100. The van der Waals surface area contributed by atoms with Crippen molar-refractivity contribution in [1.29, 1.82) is 0 Å². The zero-order chi connectivity index (χ0) is 28.5. The van der Waals surface area contributed by atoms with E-state index in [1.807, 2.05) is 6.92 Å². The number of rotatable bonds is 6. The molecule has 0 saturated carbocycles. The molecule has 3 rings (SSSR count). The summed E-state index contributed by atoms with van der Waals surface area (Å²) in [6, 6.07) is 0.784. The summed E-state index contributed by atoms with van der Waals surface area (Å²) in [5.41, 5.74) is -3.04. The molecular weight excluding hydrogens is 513 g/mol. The maximum absolute atomic E-state index is 13.5. The molecule has 1 radical (unpaired) electrons. The first-order valence-corrected chi connectivity index (χ1v) is 12.2. The first kappa shape index (κ1) is 29.6. The lowest BCUT2D eigenvalue weighted by Gasteiger charge is -2.30. The summed E-state index contributed by atoms with van der Waals surface area (Å²) in [7, 11) is 1.75. The van der Waals surface area contributed by atoms with Crippen molar-refractivity contribution in [1.82, 2.24) is 14.9 Å².